The third-order valence-electron chi connectivity index (χ3n) is 4.74. The highest BCUT2D eigenvalue weighted by Gasteiger charge is 2.39. The fourth-order valence-corrected chi connectivity index (χ4v) is 3.32. The number of carbonyl (C=O) groups is 2. The van der Waals surface area contributed by atoms with E-state index in [0.717, 1.165) is 5.56 Å². The van der Waals surface area contributed by atoms with Gasteiger partial charge >= 0.3 is 0 Å². The van der Waals surface area contributed by atoms with Crippen LogP contribution in [0.5, 0.6) is 5.75 Å². The normalized spacial score (nSPS) is 14.0. The Morgan fingerprint density at radius 2 is 1.76 bits per heavy atom. The standard InChI is InChI=1S/C22H23ClN2O4/c1-14-5-8-16(23)13-18(14)24-20-19(15-6-9-17(29-3)10-7-15)21(26)25(22(20)27)11-4-12-28-2/h5-10,13,24H,4,11-12H2,1-3H3. The Balaban J connectivity index is 2.02. The quantitative estimate of drug-likeness (QED) is 0.524. The fraction of sp³-hybridized carbons (Fsp3) is 0.273. The zero-order valence-corrected chi connectivity index (χ0v) is 17.4. The third kappa shape index (κ3) is 4.44. The molecule has 7 heteroatoms. The maximum Gasteiger partial charge on any atom is 0.278 e. The number of rotatable bonds is 8. The van der Waals surface area contributed by atoms with E-state index in [-0.39, 0.29) is 24.1 Å². The van der Waals surface area contributed by atoms with Crippen LogP contribution in [-0.4, -0.2) is 44.1 Å². The van der Waals surface area contributed by atoms with Gasteiger partial charge in [-0.1, -0.05) is 29.8 Å². The molecule has 0 fully saturated rings. The molecule has 0 saturated heterocycles. The van der Waals surface area contributed by atoms with Crippen molar-refractivity contribution in [3.63, 3.8) is 0 Å². The van der Waals surface area contributed by atoms with Gasteiger partial charge in [0.15, 0.2) is 0 Å². The van der Waals surface area contributed by atoms with Gasteiger partial charge in [-0.25, -0.2) is 0 Å². The van der Waals surface area contributed by atoms with Gasteiger partial charge in [-0.05, 0) is 48.7 Å². The molecule has 0 radical (unpaired) electrons. The first-order chi connectivity index (χ1) is 14.0. The molecule has 1 N–H and O–H groups in total. The van der Waals surface area contributed by atoms with Crippen LogP contribution >= 0.6 is 11.6 Å². The van der Waals surface area contributed by atoms with Gasteiger partial charge in [-0.3, -0.25) is 14.5 Å². The van der Waals surface area contributed by atoms with Gasteiger partial charge in [-0.15, -0.1) is 0 Å². The van der Waals surface area contributed by atoms with E-state index in [1.54, 1.807) is 50.6 Å². The molecule has 1 aliphatic rings. The van der Waals surface area contributed by atoms with Gasteiger partial charge in [0.2, 0.25) is 0 Å². The number of halogens is 1. The SMILES string of the molecule is COCCCN1C(=O)C(Nc2cc(Cl)ccc2C)=C(c2ccc(OC)cc2)C1=O. The first kappa shape index (κ1) is 20.9. The Kier molecular flexibility index (Phi) is 6.56. The highest BCUT2D eigenvalue weighted by atomic mass is 35.5. The molecule has 0 saturated carbocycles. The lowest BCUT2D eigenvalue weighted by atomic mass is 10.0. The van der Waals surface area contributed by atoms with E-state index in [1.807, 2.05) is 13.0 Å². The van der Waals surface area contributed by atoms with Crippen molar-refractivity contribution < 1.29 is 19.1 Å². The molecule has 0 aliphatic carbocycles. The molecule has 3 rings (SSSR count). The van der Waals surface area contributed by atoms with Gasteiger partial charge in [0.25, 0.3) is 11.8 Å². The van der Waals surface area contributed by atoms with Crippen LogP contribution in [0.4, 0.5) is 5.69 Å². The number of imide groups is 1. The number of aryl methyl sites for hydroxylation is 1. The van der Waals surface area contributed by atoms with Gasteiger partial charge in [-0.2, -0.15) is 0 Å². The lowest BCUT2D eigenvalue weighted by molar-refractivity contribution is -0.136. The van der Waals surface area contributed by atoms with Gasteiger partial charge in [0, 0.05) is 31.0 Å². The average molecular weight is 415 g/mol. The second kappa shape index (κ2) is 9.11. The number of hydrogen-bond donors (Lipinski definition) is 1. The minimum absolute atomic E-state index is 0.239. The molecule has 6 nitrogen and oxygen atoms in total. The van der Waals surface area contributed by atoms with Crippen LogP contribution < -0.4 is 10.1 Å². The van der Waals surface area contributed by atoms with Crippen LogP contribution in [0.3, 0.4) is 0 Å². The van der Waals surface area contributed by atoms with Crippen LogP contribution in [-0.2, 0) is 14.3 Å². The van der Waals surface area contributed by atoms with Crippen LogP contribution in [0.2, 0.25) is 5.02 Å². The third-order valence-corrected chi connectivity index (χ3v) is 4.97. The number of amides is 2. The topological polar surface area (TPSA) is 67.9 Å². The Labute approximate surface area is 175 Å². The van der Waals surface area contributed by atoms with Crippen molar-refractivity contribution in [2.45, 2.75) is 13.3 Å². The predicted octanol–water partition coefficient (Wildman–Crippen LogP) is 3.89. The van der Waals surface area contributed by atoms with E-state index in [9.17, 15) is 9.59 Å². The molecule has 1 aliphatic heterocycles. The van der Waals surface area contributed by atoms with Crippen LogP contribution in [0.25, 0.3) is 5.57 Å². The van der Waals surface area contributed by atoms with Crippen molar-refractivity contribution in [3.05, 3.63) is 64.3 Å². The molecule has 0 aromatic heterocycles. The average Bonchev–Trinajstić information content (AvgIpc) is 2.95. The van der Waals surface area contributed by atoms with E-state index in [0.29, 0.717) is 40.6 Å². The van der Waals surface area contributed by atoms with E-state index in [4.69, 9.17) is 21.1 Å². The second-order valence-corrected chi connectivity index (χ2v) is 7.11. The van der Waals surface area contributed by atoms with Crippen molar-refractivity contribution in [2.24, 2.45) is 0 Å². The Bertz CT molecular complexity index is 954. The zero-order valence-electron chi connectivity index (χ0n) is 16.6. The summed E-state index contributed by atoms with van der Waals surface area (Å²) in [6.07, 6.45) is 0.563. The molecule has 0 spiro atoms. The number of carbonyl (C=O) groups excluding carboxylic acids is 2. The molecule has 2 aromatic rings. The number of nitrogens with zero attached hydrogens (tertiary/aromatic N) is 1. The Morgan fingerprint density at radius 1 is 1.03 bits per heavy atom. The van der Waals surface area contributed by atoms with E-state index in [1.165, 1.54) is 4.90 Å². The smallest absolute Gasteiger partial charge is 0.278 e. The number of methoxy groups -OCH3 is 2. The minimum Gasteiger partial charge on any atom is -0.497 e. The maximum atomic E-state index is 13.1. The van der Waals surface area contributed by atoms with Crippen molar-refractivity contribution in [2.75, 3.05) is 32.7 Å². The van der Waals surface area contributed by atoms with E-state index >= 15 is 0 Å². The van der Waals surface area contributed by atoms with Crippen molar-refractivity contribution in [3.8, 4) is 5.75 Å². The summed E-state index contributed by atoms with van der Waals surface area (Å²) in [5.74, 6) is -0.0296. The minimum atomic E-state index is -0.365. The summed E-state index contributed by atoms with van der Waals surface area (Å²) in [5.41, 5.74) is 2.80. The lowest BCUT2D eigenvalue weighted by Crippen LogP contribution is -2.34. The molecule has 1 heterocycles. The molecular formula is C22H23ClN2O4. The van der Waals surface area contributed by atoms with Gasteiger partial charge < -0.3 is 14.8 Å². The molecular weight excluding hydrogens is 392 g/mol. The predicted molar refractivity (Wildman–Crippen MR) is 113 cm³/mol. The Hall–Kier alpha value is -2.83. The number of nitrogens with one attached hydrogen (secondary N) is 1. The molecule has 29 heavy (non-hydrogen) atoms. The first-order valence-electron chi connectivity index (χ1n) is 9.23. The Morgan fingerprint density at radius 3 is 2.41 bits per heavy atom. The van der Waals surface area contributed by atoms with E-state index < -0.39 is 0 Å². The lowest BCUT2D eigenvalue weighted by Gasteiger charge is -2.15. The van der Waals surface area contributed by atoms with Gasteiger partial charge in [0.1, 0.15) is 11.4 Å². The molecule has 0 atom stereocenters. The molecule has 152 valence electrons. The summed E-state index contributed by atoms with van der Waals surface area (Å²) in [6.45, 7) is 2.65. The molecule has 2 aromatic carbocycles. The number of anilines is 1. The molecule has 0 bridgehead atoms. The number of hydrogen-bond acceptors (Lipinski definition) is 5. The fourth-order valence-electron chi connectivity index (χ4n) is 3.15. The second-order valence-electron chi connectivity index (χ2n) is 6.67. The molecule has 0 unspecified atom stereocenters. The first-order valence-corrected chi connectivity index (χ1v) is 9.61. The summed E-state index contributed by atoms with van der Waals surface area (Å²) >= 11 is 6.12. The molecule has 2 amide bonds. The summed E-state index contributed by atoms with van der Waals surface area (Å²) in [4.78, 5) is 27.5. The highest BCUT2D eigenvalue weighted by molar-refractivity contribution is 6.36. The zero-order chi connectivity index (χ0) is 21.0. The van der Waals surface area contributed by atoms with Crippen LogP contribution in [0.1, 0.15) is 17.5 Å². The maximum absolute atomic E-state index is 13.1. The van der Waals surface area contributed by atoms with Crippen molar-refractivity contribution in [1.29, 1.82) is 0 Å². The largest absolute Gasteiger partial charge is 0.497 e. The van der Waals surface area contributed by atoms with Crippen LogP contribution in [0.15, 0.2) is 48.2 Å². The van der Waals surface area contributed by atoms with Gasteiger partial charge in [0.05, 0.1) is 12.7 Å². The summed E-state index contributed by atoms with van der Waals surface area (Å²) in [5, 5.41) is 3.69. The summed E-state index contributed by atoms with van der Waals surface area (Å²) < 4.78 is 10.2. The monoisotopic (exact) mass is 414 g/mol. The van der Waals surface area contributed by atoms with Crippen molar-refractivity contribution in [1.82, 2.24) is 4.90 Å². The van der Waals surface area contributed by atoms with Crippen molar-refractivity contribution >= 4 is 34.7 Å². The number of benzene rings is 2. The number of ether oxygens (including phenoxy) is 2. The highest BCUT2D eigenvalue weighted by Crippen LogP contribution is 2.32. The summed E-state index contributed by atoms with van der Waals surface area (Å²) in [6, 6.07) is 12.4. The summed E-state index contributed by atoms with van der Waals surface area (Å²) in [7, 11) is 3.16. The van der Waals surface area contributed by atoms with Crippen LogP contribution in [0, 0.1) is 6.92 Å². The van der Waals surface area contributed by atoms with E-state index in [2.05, 4.69) is 5.32 Å².